The number of carbonyl (C=O) groups excluding carboxylic acids is 2. The summed E-state index contributed by atoms with van der Waals surface area (Å²) < 4.78 is 53.5. The fourth-order valence-corrected chi connectivity index (χ4v) is 7.23. The average molecular weight is 893 g/mol. The zero-order chi connectivity index (χ0) is 44.2. The van der Waals surface area contributed by atoms with Crippen LogP contribution in [0.4, 0.5) is 0 Å². The highest BCUT2D eigenvalue weighted by atomic mass is 31.2. The second kappa shape index (κ2) is 36.5. The Hall–Kier alpha value is -1.96. The molecule has 1 heterocycles. The Morgan fingerprint density at radius 3 is 1.77 bits per heavy atom. The first-order chi connectivity index (χ1) is 28.8. The van der Waals surface area contributed by atoms with Crippen molar-refractivity contribution in [3.8, 4) is 0 Å². The Labute approximate surface area is 360 Å². The maximum Gasteiger partial charge on any atom is 0.472 e. The molecule has 1 rings (SSSR count). The van der Waals surface area contributed by atoms with Crippen molar-refractivity contribution in [2.24, 2.45) is 0 Å². The number of carbonyl (C=O) groups is 2. The van der Waals surface area contributed by atoms with Crippen LogP contribution in [0.15, 0.2) is 48.6 Å². The van der Waals surface area contributed by atoms with Crippen molar-refractivity contribution in [2.75, 3.05) is 26.4 Å². The lowest BCUT2D eigenvalue weighted by Gasteiger charge is -2.20. The minimum Gasteiger partial charge on any atom is -0.462 e. The van der Waals surface area contributed by atoms with Gasteiger partial charge in [0.05, 0.1) is 32.0 Å². The minimum absolute atomic E-state index is 0.0501. The average Bonchev–Trinajstić information content (AvgIpc) is 3.96. The lowest BCUT2D eigenvalue weighted by Crippen LogP contribution is -2.29. The molecule has 0 aromatic rings. The van der Waals surface area contributed by atoms with Crippen molar-refractivity contribution in [1.29, 1.82) is 0 Å². The van der Waals surface area contributed by atoms with Gasteiger partial charge in [-0.1, -0.05) is 133 Å². The second-order valence-electron chi connectivity index (χ2n) is 15.4. The lowest BCUT2D eigenvalue weighted by atomic mass is 10.1. The van der Waals surface area contributed by atoms with Crippen molar-refractivity contribution in [2.45, 2.75) is 192 Å². The highest BCUT2D eigenvalue weighted by molar-refractivity contribution is 7.47. The van der Waals surface area contributed by atoms with Gasteiger partial charge in [-0.15, -0.1) is 0 Å². The number of hydrogen-bond donors (Lipinski definition) is 4. The van der Waals surface area contributed by atoms with E-state index >= 15 is 0 Å². The van der Waals surface area contributed by atoms with E-state index in [1.54, 1.807) is 0 Å². The van der Waals surface area contributed by atoms with Crippen molar-refractivity contribution in [3.63, 3.8) is 0 Å². The molecule has 0 aliphatic carbocycles. The Morgan fingerprint density at radius 2 is 1.10 bits per heavy atom. The van der Waals surface area contributed by atoms with Crippen LogP contribution in [0.3, 0.4) is 0 Å². The van der Waals surface area contributed by atoms with Crippen LogP contribution in [0.1, 0.15) is 168 Å². The number of epoxide rings is 1. The summed E-state index contributed by atoms with van der Waals surface area (Å²) in [5.74, 6) is -1.11. The van der Waals surface area contributed by atoms with E-state index in [2.05, 4.69) is 59.4 Å². The maximum absolute atomic E-state index is 12.7. The van der Waals surface area contributed by atoms with E-state index in [-0.39, 0.29) is 12.8 Å². The van der Waals surface area contributed by atoms with Gasteiger partial charge in [-0.3, -0.25) is 23.2 Å². The van der Waals surface area contributed by atoms with Gasteiger partial charge in [-0.05, 0) is 70.6 Å². The van der Waals surface area contributed by atoms with Crippen LogP contribution in [0.5, 0.6) is 0 Å². The van der Waals surface area contributed by atoms with Crippen LogP contribution < -0.4 is 0 Å². The summed E-state index contributed by atoms with van der Waals surface area (Å²) in [5.41, 5.74) is 0. The Balaban J connectivity index is 2.39. The van der Waals surface area contributed by atoms with Gasteiger partial charge in [0.15, 0.2) is 6.10 Å². The van der Waals surface area contributed by atoms with Gasteiger partial charge in [-0.2, -0.15) is 0 Å². The molecular formula is C44H78O14P2. The van der Waals surface area contributed by atoms with Crippen LogP contribution in [-0.2, 0) is 46.5 Å². The number of aliphatic hydroxyl groups is 1. The number of hydrogen-bond acceptors (Lipinski definition) is 11. The number of ether oxygens (including phenoxy) is 3. The molecule has 0 aromatic heterocycles. The SMILES string of the molecule is CCCCCC/C=C\CCCCCCCCCC(=O)OC[C@H](COP(=O)(O)OC[C@@H](O)COP(=O)(O)O)OC(=O)CCC/C=C\C/C=C\C/C=C\CC1OC1CCCCC. The Kier molecular flexibility index (Phi) is 34.1. The molecule has 1 saturated heterocycles. The minimum atomic E-state index is -4.87. The van der Waals surface area contributed by atoms with Crippen LogP contribution in [0.2, 0.25) is 0 Å². The number of phosphoric acid groups is 2. The summed E-state index contributed by atoms with van der Waals surface area (Å²) in [6.45, 7) is 1.65. The maximum atomic E-state index is 12.7. The van der Waals surface area contributed by atoms with E-state index in [4.69, 9.17) is 28.5 Å². The number of phosphoric ester groups is 2. The highest BCUT2D eigenvalue weighted by Gasteiger charge is 2.36. The molecule has 16 heteroatoms. The molecule has 348 valence electrons. The third kappa shape index (κ3) is 36.7. The molecule has 0 radical (unpaired) electrons. The van der Waals surface area contributed by atoms with Crippen molar-refractivity contribution >= 4 is 27.6 Å². The van der Waals surface area contributed by atoms with Gasteiger partial charge in [0, 0.05) is 12.8 Å². The first kappa shape index (κ1) is 56.1. The summed E-state index contributed by atoms with van der Waals surface area (Å²) in [7, 11) is -9.70. The van der Waals surface area contributed by atoms with Gasteiger partial charge in [-0.25, -0.2) is 9.13 Å². The first-order valence-electron chi connectivity index (χ1n) is 22.5. The second-order valence-corrected chi connectivity index (χ2v) is 18.0. The molecule has 3 unspecified atom stereocenters. The molecule has 0 aromatic carbocycles. The van der Waals surface area contributed by atoms with Gasteiger partial charge >= 0.3 is 27.6 Å². The summed E-state index contributed by atoms with van der Waals surface area (Å²) in [6.07, 6.45) is 38.5. The quantitative estimate of drug-likeness (QED) is 0.0148. The van der Waals surface area contributed by atoms with Gasteiger partial charge in [0.25, 0.3) is 0 Å². The predicted octanol–water partition coefficient (Wildman–Crippen LogP) is 10.4. The largest absolute Gasteiger partial charge is 0.472 e. The Bertz CT molecular complexity index is 1310. The summed E-state index contributed by atoms with van der Waals surface area (Å²) in [6, 6.07) is 0. The van der Waals surface area contributed by atoms with Crippen LogP contribution in [-0.4, -0.2) is 82.6 Å². The molecule has 60 heavy (non-hydrogen) atoms. The smallest absolute Gasteiger partial charge is 0.462 e. The molecule has 0 amide bonds. The summed E-state index contributed by atoms with van der Waals surface area (Å²) >= 11 is 0. The number of esters is 2. The van der Waals surface area contributed by atoms with Crippen LogP contribution >= 0.6 is 15.6 Å². The van der Waals surface area contributed by atoms with Gasteiger partial charge < -0.3 is 34.0 Å². The van der Waals surface area contributed by atoms with Gasteiger partial charge in [0.2, 0.25) is 0 Å². The molecule has 0 saturated carbocycles. The molecule has 1 fully saturated rings. The fraction of sp³-hybridized carbons (Fsp3) is 0.773. The molecule has 0 spiro atoms. The van der Waals surface area contributed by atoms with Crippen molar-refractivity contribution in [3.05, 3.63) is 48.6 Å². The third-order valence-electron chi connectivity index (χ3n) is 9.60. The topological polar surface area (TPSA) is 208 Å². The highest BCUT2D eigenvalue weighted by Crippen LogP contribution is 2.44. The number of aliphatic hydroxyl groups excluding tert-OH is 1. The number of allylic oxidation sites excluding steroid dienone is 7. The van der Waals surface area contributed by atoms with E-state index < -0.39 is 66.2 Å². The summed E-state index contributed by atoms with van der Waals surface area (Å²) in [5, 5.41) is 9.75. The van der Waals surface area contributed by atoms with E-state index in [9.17, 15) is 28.7 Å². The van der Waals surface area contributed by atoms with Crippen LogP contribution in [0.25, 0.3) is 0 Å². The van der Waals surface area contributed by atoms with Crippen molar-refractivity contribution in [1.82, 2.24) is 0 Å². The molecule has 14 nitrogen and oxygen atoms in total. The molecule has 1 aliphatic heterocycles. The van der Waals surface area contributed by atoms with E-state index in [0.717, 1.165) is 57.8 Å². The van der Waals surface area contributed by atoms with Gasteiger partial charge in [0.1, 0.15) is 12.7 Å². The van der Waals surface area contributed by atoms with Crippen LogP contribution in [0, 0.1) is 0 Å². The van der Waals surface area contributed by atoms with E-state index in [1.807, 2.05) is 12.2 Å². The van der Waals surface area contributed by atoms with E-state index in [1.165, 1.54) is 64.2 Å². The first-order valence-corrected chi connectivity index (χ1v) is 25.5. The number of unbranched alkanes of at least 4 members (excludes halogenated alkanes) is 14. The monoisotopic (exact) mass is 892 g/mol. The van der Waals surface area contributed by atoms with Crippen molar-refractivity contribution < 1.29 is 66.3 Å². The molecule has 4 N–H and O–H groups in total. The molecule has 1 aliphatic rings. The van der Waals surface area contributed by atoms with E-state index in [0.29, 0.717) is 31.5 Å². The zero-order valence-electron chi connectivity index (χ0n) is 36.5. The Morgan fingerprint density at radius 1 is 0.583 bits per heavy atom. The molecule has 0 bridgehead atoms. The zero-order valence-corrected chi connectivity index (χ0v) is 38.3. The third-order valence-corrected chi connectivity index (χ3v) is 11.0. The standard InChI is InChI=1S/C44H78O14P2/c1-3-5-7-8-9-10-11-12-13-14-15-19-22-25-29-33-43(46)53-37-40(38-56-60(51,52)55-36-39(45)35-54-59(48,49)50)57-44(47)34-30-26-23-20-17-16-18-21-24-28-32-42-41(58-42)31-27-6-4-2/h10-11,16,18,20,23-24,28,39-42,45H,3-9,12-15,17,19,21-22,25-27,29-38H2,1-2H3,(H,51,52)(H2,48,49,50)/b11-10-,18-16-,23-20-,28-24-/t39-,40+,41?,42?/m0/s1. The molecular weight excluding hydrogens is 814 g/mol. The molecule has 5 atom stereocenters. The number of rotatable bonds is 41. The lowest BCUT2D eigenvalue weighted by molar-refractivity contribution is -0.161. The predicted molar refractivity (Wildman–Crippen MR) is 234 cm³/mol. The summed E-state index contributed by atoms with van der Waals surface area (Å²) in [4.78, 5) is 52.7. The normalized spacial score (nSPS) is 17.8. The fourth-order valence-electron chi connectivity index (χ4n) is 6.08.